The molecule has 0 aliphatic carbocycles. The number of carbonyl (C=O) groups is 1. The van der Waals surface area contributed by atoms with Crippen LogP contribution in [-0.2, 0) is 19.9 Å². The van der Waals surface area contributed by atoms with Crippen molar-refractivity contribution in [1.29, 1.82) is 0 Å². The second kappa shape index (κ2) is 9.71. The quantitative estimate of drug-likeness (QED) is 0.366. The van der Waals surface area contributed by atoms with E-state index >= 15 is 0 Å². The van der Waals surface area contributed by atoms with Gasteiger partial charge in [0.25, 0.3) is 0 Å². The van der Waals surface area contributed by atoms with Gasteiger partial charge in [-0.1, -0.05) is 43.7 Å². The molecule has 0 spiro atoms. The van der Waals surface area contributed by atoms with Crippen molar-refractivity contribution in [3.05, 3.63) is 59.9 Å². The zero-order valence-corrected chi connectivity index (χ0v) is 21.4. The van der Waals surface area contributed by atoms with Crippen molar-refractivity contribution >= 4 is 17.4 Å². The van der Waals surface area contributed by atoms with Gasteiger partial charge < -0.3 is 19.3 Å². The van der Waals surface area contributed by atoms with Crippen LogP contribution in [0.3, 0.4) is 0 Å². The highest BCUT2D eigenvalue weighted by Crippen LogP contribution is 2.53. The van der Waals surface area contributed by atoms with E-state index in [2.05, 4.69) is 11.8 Å². The van der Waals surface area contributed by atoms with E-state index in [0.29, 0.717) is 24.2 Å². The Kier molecular flexibility index (Phi) is 6.62. The van der Waals surface area contributed by atoms with E-state index in [-0.39, 0.29) is 23.8 Å². The fraction of sp³-hybridized carbons (Fsp3) is 0.448. The van der Waals surface area contributed by atoms with Crippen LogP contribution in [0.1, 0.15) is 31.7 Å². The lowest BCUT2D eigenvalue weighted by Crippen LogP contribution is -2.60. The Bertz CT molecular complexity index is 1210. The van der Waals surface area contributed by atoms with Crippen molar-refractivity contribution in [1.82, 2.24) is 4.90 Å². The van der Waals surface area contributed by atoms with Crippen molar-refractivity contribution in [2.24, 2.45) is 16.8 Å². The Morgan fingerprint density at radius 1 is 1.19 bits per heavy atom. The molecule has 0 saturated carbocycles. The lowest BCUT2D eigenvalue weighted by molar-refractivity contribution is -0.137. The number of ether oxygens (including phenoxy) is 3. The average molecular weight is 491 g/mol. The molecule has 2 saturated heterocycles. The number of fused-ring (bicyclic) bond motifs is 5. The predicted molar refractivity (Wildman–Crippen MR) is 138 cm³/mol. The second-order valence-electron chi connectivity index (χ2n) is 9.84. The smallest absolute Gasteiger partial charge is 0.337 e. The molecule has 7 nitrogen and oxygen atoms in total. The largest absolute Gasteiger partial charge is 0.504 e. The first-order valence-corrected chi connectivity index (χ1v) is 12.6. The molecule has 2 aromatic rings. The summed E-state index contributed by atoms with van der Waals surface area (Å²) < 4.78 is 16.3. The molecule has 0 amide bonds. The van der Waals surface area contributed by atoms with Gasteiger partial charge in [0.05, 0.1) is 56.2 Å². The Morgan fingerprint density at radius 3 is 2.64 bits per heavy atom. The summed E-state index contributed by atoms with van der Waals surface area (Å²) in [5, 5.41) is 12.2. The molecule has 2 fully saturated rings. The number of hydrogen-bond donors (Lipinski definition) is 1. The summed E-state index contributed by atoms with van der Waals surface area (Å²) in [6, 6.07) is 14.0. The minimum Gasteiger partial charge on any atom is -0.504 e. The van der Waals surface area contributed by atoms with E-state index in [9.17, 15) is 9.90 Å². The molecular weight excluding hydrogens is 456 g/mol. The average Bonchev–Trinajstić information content (AvgIpc) is 3.23. The lowest BCUT2D eigenvalue weighted by atomic mass is 9.70. The number of hydrogen-bond acceptors (Lipinski definition) is 7. The maximum Gasteiger partial charge on any atom is 0.337 e. The molecule has 3 heterocycles. The summed E-state index contributed by atoms with van der Waals surface area (Å²) in [7, 11) is 4.60. The normalized spacial score (nSPS) is 27.4. The number of benzene rings is 2. The minimum absolute atomic E-state index is 0.0563. The lowest BCUT2D eigenvalue weighted by Gasteiger charge is -2.50. The summed E-state index contributed by atoms with van der Waals surface area (Å²) in [5.41, 5.74) is 3.54. The van der Waals surface area contributed by atoms with E-state index in [1.807, 2.05) is 42.5 Å². The topological polar surface area (TPSA) is 80.6 Å². The van der Waals surface area contributed by atoms with Gasteiger partial charge in [0, 0.05) is 18.7 Å². The van der Waals surface area contributed by atoms with Gasteiger partial charge in [-0.25, -0.2) is 4.79 Å². The molecule has 0 unspecified atom stereocenters. The van der Waals surface area contributed by atoms with Crippen molar-refractivity contribution in [2.75, 3.05) is 34.4 Å². The zero-order valence-electron chi connectivity index (χ0n) is 21.4. The predicted octanol–water partition coefficient (Wildman–Crippen LogP) is 4.46. The van der Waals surface area contributed by atoms with Gasteiger partial charge in [0.15, 0.2) is 0 Å². The number of esters is 1. The third-order valence-electron chi connectivity index (χ3n) is 8.13. The van der Waals surface area contributed by atoms with E-state index in [0.717, 1.165) is 47.6 Å². The fourth-order valence-electron chi connectivity index (χ4n) is 6.38. The Morgan fingerprint density at radius 2 is 1.97 bits per heavy atom. The van der Waals surface area contributed by atoms with Gasteiger partial charge in [0.2, 0.25) is 0 Å². The van der Waals surface area contributed by atoms with E-state index in [4.69, 9.17) is 19.2 Å². The van der Waals surface area contributed by atoms with Gasteiger partial charge in [-0.05, 0) is 42.4 Å². The molecule has 0 bridgehead atoms. The molecule has 190 valence electrons. The monoisotopic (exact) mass is 490 g/mol. The first-order valence-electron chi connectivity index (χ1n) is 12.6. The zero-order chi connectivity index (χ0) is 25.4. The first kappa shape index (κ1) is 24.5. The van der Waals surface area contributed by atoms with Crippen LogP contribution < -0.4 is 4.74 Å². The first-order chi connectivity index (χ1) is 17.5. The highest BCUT2D eigenvalue weighted by atomic mass is 16.5. The fourth-order valence-corrected chi connectivity index (χ4v) is 6.38. The number of methoxy groups -OCH3 is 3. The van der Waals surface area contributed by atoms with Crippen LogP contribution in [0, 0.1) is 11.8 Å². The van der Waals surface area contributed by atoms with Crippen LogP contribution in [0.2, 0.25) is 0 Å². The number of aliphatic imine (C=N–C) groups is 1. The number of piperidine rings is 2. The van der Waals surface area contributed by atoms with Gasteiger partial charge in [-0.3, -0.25) is 9.89 Å². The molecule has 1 N–H and O–H groups in total. The van der Waals surface area contributed by atoms with Crippen molar-refractivity contribution < 1.29 is 24.1 Å². The van der Waals surface area contributed by atoms with E-state index in [1.54, 1.807) is 14.2 Å². The summed E-state index contributed by atoms with van der Waals surface area (Å²) in [4.78, 5) is 20.1. The summed E-state index contributed by atoms with van der Waals surface area (Å²) in [6.07, 6.45) is 3.65. The summed E-state index contributed by atoms with van der Waals surface area (Å²) in [6.45, 7) is 3.71. The molecule has 5 rings (SSSR count). The maximum atomic E-state index is 12.7. The molecule has 0 radical (unpaired) electrons. The number of aliphatic hydroxyl groups is 1. The maximum absolute atomic E-state index is 12.7. The van der Waals surface area contributed by atoms with Crippen LogP contribution in [0.4, 0.5) is 5.69 Å². The Balaban J connectivity index is 1.55. The van der Waals surface area contributed by atoms with Gasteiger partial charge >= 0.3 is 5.97 Å². The molecule has 36 heavy (non-hydrogen) atoms. The molecule has 7 heteroatoms. The molecule has 2 aromatic carbocycles. The molecule has 0 aromatic heterocycles. The van der Waals surface area contributed by atoms with Crippen molar-refractivity contribution in [3.8, 4) is 16.9 Å². The third kappa shape index (κ3) is 3.82. The highest BCUT2D eigenvalue weighted by molar-refractivity contribution is 6.06. The van der Waals surface area contributed by atoms with Gasteiger partial charge in [0.1, 0.15) is 11.4 Å². The van der Waals surface area contributed by atoms with Gasteiger partial charge in [-0.15, -0.1) is 0 Å². The van der Waals surface area contributed by atoms with E-state index in [1.165, 1.54) is 13.4 Å². The summed E-state index contributed by atoms with van der Waals surface area (Å²) >= 11 is 0. The molecule has 3 aliphatic heterocycles. The summed E-state index contributed by atoms with van der Waals surface area (Å²) in [5.74, 6) is 0.517. The Labute approximate surface area is 212 Å². The number of rotatable bonds is 6. The minimum atomic E-state index is -1.22. The van der Waals surface area contributed by atoms with Crippen LogP contribution in [-0.4, -0.2) is 62.1 Å². The van der Waals surface area contributed by atoms with Crippen LogP contribution in [0.25, 0.3) is 11.1 Å². The SMILES string of the molecule is CC[C@@H]1CN2CC[C@@]3(O)C(=Nc4ccc(-c5ccccc5)c(OC)c43)[C@@H]2C[C@@H]1/C(=C\OC)C(=O)OC. The van der Waals surface area contributed by atoms with Gasteiger partial charge in [-0.2, -0.15) is 0 Å². The van der Waals surface area contributed by atoms with Crippen LogP contribution >= 0.6 is 0 Å². The number of nitrogens with zero attached hydrogens (tertiary/aromatic N) is 2. The standard InChI is InChI=1S/C29H34N2O5/c1-5-18-16-31-14-13-29(33)25-23(12-11-20(26(25)35-3)19-9-7-6-8-10-19)30-27(29)24(31)15-21(18)22(17-34-2)28(32)36-4/h6-12,17-18,21,24,33H,5,13-16H2,1-4H3/b22-17+/t18-,21+,24+,29+/m1/s1. The van der Waals surface area contributed by atoms with E-state index < -0.39 is 5.60 Å². The van der Waals surface area contributed by atoms with Crippen LogP contribution in [0.15, 0.2) is 59.3 Å². The number of carbonyl (C=O) groups excluding carboxylic acids is 1. The second-order valence-corrected chi connectivity index (χ2v) is 9.84. The van der Waals surface area contributed by atoms with Crippen LogP contribution in [0.5, 0.6) is 5.75 Å². The molecular formula is C29H34N2O5. The highest BCUT2D eigenvalue weighted by Gasteiger charge is 2.54. The van der Waals surface area contributed by atoms with Crippen molar-refractivity contribution in [3.63, 3.8) is 0 Å². The van der Waals surface area contributed by atoms with Crippen molar-refractivity contribution in [2.45, 2.75) is 37.8 Å². The molecule has 4 atom stereocenters. The Hall–Kier alpha value is -3.16. The third-order valence-corrected chi connectivity index (χ3v) is 8.13. The molecule has 3 aliphatic rings.